The number of halogens is 2. The maximum absolute atomic E-state index is 13.9. The van der Waals surface area contributed by atoms with Crippen molar-refractivity contribution in [2.75, 3.05) is 13.7 Å². The first-order valence-electron chi connectivity index (χ1n) is 6.72. The van der Waals surface area contributed by atoms with Crippen LogP contribution in [-0.2, 0) is 11.2 Å². The average Bonchev–Trinajstić information content (AvgIpc) is 2.35. The molecule has 1 aromatic rings. The quantitative estimate of drug-likeness (QED) is 0.820. The highest BCUT2D eigenvalue weighted by Gasteiger charge is 2.24. The third-order valence-electron chi connectivity index (χ3n) is 3.24. The predicted octanol–water partition coefficient (Wildman–Crippen LogP) is 3.78. The van der Waals surface area contributed by atoms with Crippen molar-refractivity contribution in [2.24, 2.45) is 5.92 Å². The van der Waals surface area contributed by atoms with Gasteiger partial charge in [-0.25, -0.2) is 4.39 Å². The first-order chi connectivity index (χ1) is 8.99. The Balaban J connectivity index is 2.85. The van der Waals surface area contributed by atoms with E-state index in [4.69, 9.17) is 4.74 Å². The zero-order valence-corrected chi connectivity index (χ0v) is 13.6. The molecule has 0 aliphatic heterocycles. The van der Waals surface area contributed by atoms with Crippen molar-refractivity contribution in [3.63, 3.8) is 0 Å². The van der Waals surface area contributed by atoms with Crippen LogP contribution in [0, 0.1) is 11.7 Å². The highest BCUT2D eigenvalue weighted by Crippen LogP contribution is 2.20. The smallest absolute Gasteiger partial charge is 0.127 e. The van der Waals surface area contributed by atoms with Crippen LogP contribution < -0.4 is 5.32 Å². The van der Waals surface area contributed by atoms with E-state index in [0.29, 0.717) is 24.5 Å². The maximum Gasteiger partial charge on any atom is 0.127 e. The number of hydrogen-bond donors (Lipinski definition) is 1. The van der Waals surface area contributed by atoms with E-state index in [1.54, 1.807) is 0 Å². The Kier molecular flexibility index (Phi) is 6.97. The van der Waals surface area contributed by atoms with E-state index in [0.717, 1.165) is 4.47 Å². The van der Waals surface area contributed by atoms with Crippen LogP contribution in [0.15, 0.2) is 22.7 Å². The second-order valence-corrected chi connectivity index (χ2v) is 5.91. The number of rotatable bonds is 7. The first kappa shape index (κ1) is 16.6. The lowest BCUT2D eigenvalue weighted by Gasteiger charge is -2.30. The Hall–Kier alpha value is -0.450. The van der Waals surface area contributed by atoms with E-state index in [9.17, 15) is 4.39 Å². The van der Waals surface area contributed by atoms with Crippen molar-refractivity contribution in [1.29, 1.82) is 0 Å². The van der Waals surface area contributed by atoms with E-state index in [1.807, 2.05) is 26.1 Å². The fourth-order valence-corrected chi connectivity index (χ4v) is 2.61. The molecule has 0 aliphatic rings. The van der Waals surface area contributed by atoms with Crippen LogP contribution in [-0.4, -0.2) is 25.8 Å². The molecule has 0 saturated carbocycles. The van der Waals surface area contributed by atoms with Crippen LogP contribution >= 0.6 is 15.9 Å². The molecule has 0 aromatic heterocycles. The minimum atomic E-state index is -0.173. The molecule has 0 bridgehead atoms. The molecule has 19 heavy (non-hydrogen) atoms. The zero-order valence-electron chi connectivity index (χ0n) is 12.0. The summed E-state index contributed by atoms with van der Waals surface area (Å²) in [7, 11) is 1.90. The number of ether oxygens (including phenoxy) is 1. The molecule has 1 rings (SSSR count). The summed E-state index contributed by atoms with van der Waals surface area (Å²) in [6.07, 6.45) is 0.705. The standard InChI is InChI=1S/C15H23BrFNO/c1-5-19-15(10(2)3)14(18-4)8-11-6-7-12(16)9-13(11)17/h6-7,9-10,14-15,18H,5,8H2,1-4H3. The average molecular weight is 332 g/mol. The molecule has 1 N–H and O–H groups in total. The maximum atomic E-state index is 13.9. The summed E-state index contributed by atoms with van der Waals surface area (Å²) >= 11 is 3.28. The molecule has 1 aromatic carbocycles. The summed E-state index contributed by atoms with van der Waals surface area (Å²) in [5, 5.41) is 3.26. The molecule has 2 nitrogen and oxygen atoms in total. The van der Waals surface area contributed by atoms with E-state index in [1.165, 1.54) is 6.07 Å². The Morgan fingerprint density at radius 3 is 2.53 bits per heavy atom. The van der Waals surface area contributed by atoms with Gasteiger partial charge >= 0.3 is 0 Å². The van der Waals surface area contributed by atoms with Crippen molar-refractivity contribution in [1.82, 2.24) is 5.32 Å². The van der Waals surface area contributed by atoms with Crippen LogP contribution in [0.5, 0.6) is 0 Å². The van der Waals surface area contributed by atoms with Crippen molar-refractivity contribution in [2.45, 2.75) is 39.3 Å². The topological polar surface area (TPSA) is 21.3 Å². The SMILES string of the molecule is CCOC(C(C)C)C(Cc1ccc(Br)cc1F)NC. The van der Waals surface area contributed by atoms with Crippen LogP contribution in [0.1, 0.15) is 26.3 Å². The molecule has 0 radical (unpaired) electrons. The van der Waals surface area contributed by atoms with E-state index in [-0.39, 0.29) is 18.0 Å². The third kappa shape index (κ3) is 4.86. The van der Waals surface area contributed by atoms with Gasteiger partial charge in [-0.15, -0.1) is 0 Å². The molecule has 0 saturated heterocycles. The van der Waals surface area contributed by atoms with Gasteiger partial charge in [-0.2, -0.15) is 0 Å². The van der Waals surface area contributed by atoms with Gasteiger partial charge in [-0.05, 0) is 44.0 Å². The van der Waals surface area contributed by atoms with Gasteiger partial charge in [-0.3, -0.25) is 0 Å². The van der Waals surface area contributed by atoms with Crippen LogP contribution in [0.3, 0.4) is 0 Å². The van der Waals surface area contributed by atoms with Crippen LogP contribution in [0.4, 0.5) is 4.39 Å². The Morgan fingerprint density at radius 1 is 1.37 bits per heavy atom. The third-order valence-corrected chi connectivity index (χ3v) is 3.73. The molecule has 0 spiro atoms. The van der Waals surface area contributed by atoms with E-state index in [2.05, 4.69) is 35.1 Å². The van der Waals surface area contributed by atoms with E-state index >= 15 is 0 Å². The van der Waals surface area contributed by atoms with Gasteiger partial charge in [0, 0.05) is 17.1 Å². The van der Waals surface area contributed by atoms with Crippen molar-refractivity contribution in [3.05, 3.63) is 34.1 Å². The number of likely N-dealkylation sites (N-methyl/N-ethyl adjacent to an activating group) is 1. The van der Waals surface area contributed by atoms with Gasteiger partial charge in [0.15, 0.2) is 0 Å². The van der Waals surface area contributed by atoms with Gasteiger partial charge in [0.1, 0.15) is 5.82 Å². The summed E-state index contributed by atoms with van der Waals surface area (Å²) in [6.45, 7) is 6.91. The van der Waals surface area contributed by atoms with Gasteiger partial charge in [0.25, 0.3) is 0 Å². The second kappa shape index (κ2) is 7.98. The fraction of sp³-hybridized carbons (Fsp3) is 0.600. The number of benzene rings is 1. The lowest BCUT2D eigenvalue weighted by molar-refractivity contribution is 0.00519. The molecule has 108 valence electrons. The second-order valence-electron chi connectivity index (χ2n) is 5.00. The lowest BCUT2D eigenvalue weighted by atomic mass is 9.93. The monoisotopic (exact) mass is 331 g/mol. The summed E-state index contributed by atoms with van der Waals surface area (Å²) in [5.41, 5.74) is 0.716. The van der Waals surface area contributed by atoms with Gasteiger partial charge < -0.3 is 10.1 Å². The number of hydrogen-bond acceptors (Lipinski definition) is 2. The molecule has 0 amide bonds. The summed E-state index contributed by atoms with van der Waals surface area (Å²) in [5.74, 6) is 0.213. The minimum Gasteiger partial charge on any atom is -0.377 e. The van der Waals surface area contributed by atoms with E-state index < -0.39 is 0 Å². The van der Waals surface area contributed by atoms with Crippen molar-refractivity contribution >= 4 is 15.9 Å². The highest BCUT2D eigenvalue weighted by molar-refractivity contribution is 9.10. The van der Waals surface area contributed by atoms with Crippen LogP contribution in [0.2, 0.25) is 0 Å². The van der Waals surface area contributed by atoms with Crippen molar-refractivity contribution < 1.29 is 9.13 Å². The summed E-state index contributed by atoms with van der Waals surface area (Å²) in [6, 6.07) is 5.31. The Labute approximate surface area is 123 Å². The molecular formula is C15H23BrFNO. The normalized spacial score (nSPS) is 14.7. The predicted molar refractivity (Wildman–Crippen MR) is 80.9 cm³/mol. The summed E-state index contributed by atoms with van der Waals surface area (Å²) < 4.78 is 20.5. The first-order valence-corrected chi connectivity index (χ1v) is 7.51. The minimum absolute atomic E-state index is 0.0815. The molecule has 0 fully saturated rings. The molecule has 2 atom stereocenters. The number of nitrogens with one attached hydrogen (secondary N) is 1. The highest BCUT2D eigenvalue weighted by atomic mass is 79.9. The Bertz CT molecular complexity index is 398. The molecule has 2 unspecified atom stereocenters. The zero-order chi connectivity index (χ0) is 14.4. The molecular weight excluding hydrogens is 309 g/mol. The Morgan fingerprint density at radius 2 is 2.05 bits per heavy atom. The summed E-state index contributed by atoms with van der Waals surface area (Å²) in [4.78, 5) is 0. The molecule has 0 heterocycles. The fourth-order valence-electron chi connectivity index (χ4n) is 2.27. The van der Waals surface area contributed by atoms with Crippen molar-refractivity contribution in [3.8, 4) is 0 Å². The van der Waals surface area contributed by atoms with Gasteiger partial charge in [-0.1, -0.05) is 35.8 Å². The lowest BCUT2D eigenvalue weighted by Crippen LogP contribution is -2.44. The largest absolute Gasteiger partial charge is 0.377 e. The van der Waals surface area contributed by atoms with Crippen LogP contribution in [0.25, 0.3) is 0 Å². The van der Waals surface area contributed by atoms with Gasteiger partial charge in [0.2, 0.25) is 0 Å². The molecule has 4 heteroatoms. The molecule has 0 aliphatic carbocycles. The van der Waals surface area contributed by atoms with Gasteiger partial charge in [0.05, 0.1) is 6.10 Å².